The first-order chi connectivity index (χ1) is 12.9. The van der Waals surface area contributed by atoms with Gasteiger partial charge in [0, 0.05) is 6.54 Å². The van der Waals surface area contributed by atoms with E-state index in [2.05, 4.69) is 6.07 Å². The summed E-state index contributed by atoms with van der Waals surface area (Å²) in [5, 5.41) is 18.7. The van der Waals surface area contributed by atoms with Crippen LogP contribution < -0.4 is 0 Å². The zero-order valence-corrected chi connectivity index (χ0v) is 15.5. The number of hydrogen-bond acceptors (Lipinski definition) is 4. The third kappa shape index (κ3) is 4.64. The second kappa shape index (κ2) is 8.86. The largest absolute Gasteiger partial charge is 0.480 e. The molecular weight excluding hydrogens is 344 g/mol. The highest BCUT2D eigenvalue weighted by atomic mass is 16.5. The van der Waals surface area contributed by atoms with E-state index in [9.17, 15) is 20.0 Å². The summed E-state index contributed by atoms with van der Waals surface area (Å²) in [4.78, 5) is 25.0. The number of amides is 1. The van der Waals surface area contributed by atoms with E-state index in [0.29, 0.717) is 5.56 Å². The van der Waals surface area contributed by atoms with Gasteiger partial charge in [0.2, 0.25) is 0 Å². The highest BCUT2D eigenvalue weighted by Gasteiger charge is 2.33. The van der Waals surface area contributed by atoms with Gasteiger partial charge in [-0.2, -0.15) is 5.26 Å². The molecule has 0 aliphatic carbocycles. The number of ether oxygens (including phenoxy) is 1. The van der Waals surface area contributed by atoms with Gasteiger partial charge >= 0.3 is 12.1 Å². The van der Waals surface area contributed by atoms with E-state index in [1.54, 1.807) is 19.9 Å². The minimum atomic E-state index is -1.07. The van der Waals surface area contributed by atoms with Crippen LogP contribution in [0.1, 0.15) is 25.0 Å². The SMILES string of the molecule is COC(=O)N(Cc1ccc(-c2ccccc2C#N)cc1)[C@H](C(=O)O)C(C)C. The molecule has 0 aromatic heterocycles. The van der Waals surface area contributed by atoms with Crippen molar-refractivity contribution in [2.24, 2.45) is 5.92 Å². The lowest BCUT2D eigenvalue weighted by Gasteiger charge is -2.30. The van der Waals surface area contributed by atoms with E-state index in [4.69, 9.17) is 4.74 Å². The lowest BCUT2D eigenvalue weighted by molar-refractivity contribution is -0.144. The van der Waals surface area contributed by atoms with Crippen molar-refractivity contribution in [1.29, 1.82) is 5.26 Å². The van der Waals surface area contributed by atoms with Gasteiger partial charge in [0.15, 0.2) is 0 Å². The maximum absolute atomic E-state index is 12.1. The van der Waals surface area contributed by atoms with Crippen LogP contribution in [0.2, 0.25) is 0 Å². The molecule has 0 saturated carbocycles. The number of hydrogen-bond donors (Lipinski definition) is 1. The molecule has 6 nitrogen and oxygen atoms in total. The number of methoxy groups -OCH3 is 1. The molecule has 0 radical (unpaired) electrons. The Bertz CT molecular complexity index is 853. The molecule has 2 rings (SSSR count). The maximum Gasteiger partial charge on any atom is 0.410 e. The van der Waals surface area contributed by atoms with Gasteiger partial charge in [0.25, 0.3) is 0 Å². The number of carboxylic acid groups (broad SMARTS) is 1. The summed E-state index contributed by atoms with van der Waals surface area (Å²) in [6, 6.07) is 15.8. The summed E-state index contributed by atoms with van der Waals surface area (Å²) in [7, 11) is 1.23. The van der Waals surface area contributed by atoms with Crippen molar-refractivity contribution in [1.82, 2.24) is 4.90 Å². The lowest BCUT2D eigenvalue weighted by atomic mass is 9.98. The Kier molecular flexibility index (Phi) is 6.56. The van der Waals surface area contributed by atoms with E-state index in [1.807, 2.05) is 42.5 Å². The Morgan fingerprint density at radius 1 is 1.15 bits per heavy atom. The van der Waals surface area contributed by atoms with Crippen molar-refractivity contribution in [3.63, 3.8) is 0 Å². The van der Waals surface area contributed by atoms with Crippen LogP contribution in [0.25, 0.3) is 11.1 Å². The van der Waals surface area contributed by atoms with Gasteiger partial charge < -0.3 is 9.84 Å². The van der Waals surface area contributed by atoms with Crippen LogP contribution in [0.5, 0.6) is 0 Å². The normalized spacial score (nSPS) is 11.5. The minimum absolute atomic E-state index is 0.113. The summed E-state index contributed by atoms with van der Waals surface area (Å²) in [5.74, 6) is -1.35. The Morgan fingerprint density at radius 2 is 1.78 bits per heavy atom. The summed E-state index contributed by atoms with van der Waals surface area (Å²) >= 11 is 0. The zero-order chi connectivity index (χ0) is 20.0. The van der Waals surface area contributed by atoms with Gasteiger partial charge in [0.05, 0.1) is 18.7 Å². The first kappa shape index (κ1) is 20.0. The van der Waals surface area contributed by atoms with E-state index in [-0.39, 0.29) is 12.5 Å². The summed E-state index contributed by atoms with van der Waals surface area (Å²) < 4.78 is 4.78. The van der Waals surface area contributed by atoms with E-state index >= 15 is 0 Å². The molecule has 0 saturated heterocycles. The van der Waals surface area contributed by atoms with Crippen molar-refractivity contribution in [3.8, 4) is 17.2 Å². The Hall–Kier alpha value is -3.33. The predicted octanol–water partition coefficient (Wildman–Crippen LogP) is 3.90. The van der Waals surface area contributed by atoms with E-state index in [0.717, 1.165) is 16.7 Å². The fraction of sp³-hybridized carbons (Fsp3) is 0.286. The van der Waals surface area contributed by atoms with Crippen molar-refractivity contribution in [2.75, 3.05) is 7.11 Å². The predicted molar refractivity (Wildman–Crippen MR) is 101 cm³/mol. The number of carbonyl (C=O) groups is 2. The molecular formula is C21H22N2O4. The van der Waals surface area contributed by atoms with Crippen molar-refractivity contribution < 1.29 is 19.4 Å². The van der Waals surface area contributed by atoms with Gasteiger partial charge in [-0.25, -0.2) is 9.59 Å². The lowest BCUT2D eigenvalue weighted by Crippen LogP contribution is -2.47. The monoisotopic (exact) mass is 366 g/mol. The molecule has 2 aromatic carbocycles. The van der Waals surface area contributed by atoms with E-state index < -0.39 is 18.1 Å². The second-order valence-corrected chi connectivity index (χ2v) is 6.48. The van der Waals surface area contributed by atoms with Crippen LogP contribution in [0.4, 0.5) is 4.79 Å². The topological polar surface area (TPSA) is 90.6 Å². The molecule has 0 aliphatic heterocycles. The van der Waals surface area contributed by atoms with E-state index in [1.165, 1.54) is 12.0 Å². The maximum atomic E-state index is 12.1. The molecule has 1 amide bonds. The Morgan fingerprint density at radius 3 is 2.30 bits per heavy atom. The van der Waals surface area contributed by atoms with Crippen LogP contribution in [-0.4, -0.2) is 35.2 Å². The quantitative estimate of drug-likeness (QED) is 0.837. The first-order valence-corrected chi connectivity index (χ1v) is 8.54. The molecule has 0 fully saturated rings. The number of carboxylic acids is 1. The average molecular weight is 366 g/mol. The first-order valence-electron chi connectivity index (χ1n) is 8.54. The minimum Gasteiger partial charge on any atom is -0.480 e. The fourth-order valence-corrected chi connectivity index (χ4v) is 2.99. The molecule has 0 spiro atoms. The second-order valence-electron chi connectivity index (χ2n) is 6.48. The van der Waals surface area contributed by atoms with Gasteiger partial charge in [-0.1, -0.05) is 56.3 Å². The fourth-order valence-electron chi connectivity index (χ4n) is 2.99. The Labute approximate surface area is 158 Å². The molecule has 1 atom stereocenters. The summed E-state index contributed by atoms with van der Waals surface area (Å²) in [6.07, 6.45) is -0.685. The van der Waals surface area contributed by atoms with Crippen LogP contribution in [-0.2, 0) is 16.1 Å². The molecule has 0 bridgehead atoms. The third-order valence-electron chi connectivity index (χ3n) is 4.29. The van der Waals surface area contributed by atoms with Crippen molar-refractivity contribution in [2.45, 2.75) is 26.4 Å². The van der Waals surface area contributed by atoms with Crippen molar-refractivity contribution >= 4 is 12.1 Å². The van der Waals surface area contributed by atoms with Crippen molar-refractivity contribution in [3.05, 3.63) is 59.7 Å². The molecule has 0 heterocycles. The smallest absolute Gasteiger partial charge is 0.410 e. The van der Waals surface area contributed by atoms with Gasteiger partial charge in [0.1, 0.15) is 6.04 Å². The number of nitrogens with zero attached hydrogens (tertiary/aromatic N) is 2. The number of nitriles is 1. The molecule has 6 heteroatoms. The van der Waals surface area contributed by atoms with Gasteiger partial charge in [-0.3, -0.25) is 4.90 Å². The van der Waals surface area contributed by atoms with Gasteiger partial charge in [-0.15, -0.1) is 0 Å². The van der Waals surface area contributed by atoms with Crippen LogP contribution in [0.3, 0.4) is 0 Å². The standard InChI is InChI=1S/C21H22N2O4/c1-14(2)19(20(24)25)23(21(26)27-3)13-15-8-10-16(11-9-15)18-7-5-4-6-17(18)12-22/h4-11,14,19H,13H2,1-3H3,(H,24,25)/t19-/m0/s1. The number of carbonyl (C=O) groups excluding carboxylic acids is 1. The summed E-state index contributed by atoms with van der Waals surface area (Å²) in [6.45, 7) is 3.61. The highest BCUT2D eigenvalue weighted by molar-refractivity contribution is 5.80. The molecule has 0 unspecified atom stereocenters. The number of benzene rings is 2. The molecule has 140 valence electrons. The number of aliphatic carboxylic acids is 1. The third-order valence-corrected chi connectivity index (χ3v) is 4.29. The van der Waals surface area contributed by atoms with Crippen LogP contribution in [0.15, 0.2) is 48.5 Å². The Balaban J connectivity index is 2.30. The highest BCUT2D eigenvalue weighted by Crippen LogP contribution is 2.24. The molecule has 27 heavy (non-hydrogen) atoms. The zero-order valence-electron chi connectivity index (χ0n) is 15.5. The van der Waals surface area contributed by atoms with Gasteiger partial charge in [-0.05, 0) is 28.7 Å². The van der Waals surface area contributed by atoms with Crippen LogP contribution in [0, 0.1) is 17.2 Å². The average Bonchev–Trinajstić information content (AvgIpc) is 2.66. The molecule has 0 aliphatic rings. The summed E-state index contributed by atoms with van der Waals surface area (Å²) in [5.41, 5.74) is 3.04. The molecule has 2 aromatic rings. The molecule has 1 N–H and O–H groups in total. The number of rotatable bonds is 6. The van der Waals surface area contributed by atoms with Crippen LogP contribution >= 0.6 is 0 Å².